The molecule has 0 atom stereocenters. The highest BCUT2D eigenvalue weighted by Crippen LogP contribution is 2.14. The summed E-state index contributed by atoms with van der Waals surface area (Å²) in [6, 6.07) is 5.89. The Balaban J connectivity index is 2.29. The summed E-state index contributed by atoms with van der Waals surface area (Å²) in [7, 11) is 0. The van der Waals surface area contributed by atoms with Gasteiger partial charge in [-0.2, -0.15) is 5.10 Å². The van der Waals surface area contributed by atoms with E-state index in [9.17, 15) is 0 Å². The van der Waals surface area contributed by atoms with Crippen LogP contribution in [-0.2, 0) is 0 Å². The SMILES string of the molecule is Cc1cnn(-c2cccc(NC(C)(C)C)n2)c1. The summed E-state index contributed by atoms with van der Waals surface area (Å²) in [5, 5.41) is 7.60. The Hall–Kier alpha value is -1.84. The lowest BCUT2D eigenvalue weighted by atomic mass is 10.1. The molecular weight excluding hydrogens is 212 g/mol. The largest absolute Gasteiger partial charge is 0.365 e. The van der Waals surface area contributed by atoms with E-state index in [2.05, 4.69) is 36.2 Å². The van der Waals surface area contributed by atoms with Crippen molar-refractivity contribution in [2.24, 2.45) is 0 Å². The zero-order valence-corrected chi connectivity index (χ0v) is 10.7. The number of pyridine rings is 1. The van der Waals surface area contributed by atoms with Crippen molar-refractivity contribution in [3.05, 3.63) is 36.2 Å². The molecule has 0 bridgehead atoms. The van der Waals surface area contributed by atoms with Crippen molar-refractivity contribution in [3.8, 4) is 5.82 Å². The van der Waals surface area contributed by atoms with Crippen molar-refractivity contribution in [2.75, 3.05) is 5.32 Å². The monoisotopic (exact) mass is 230 g/mol. The summed E-state index contributed by atoms with van der Waals surface area (Å²) < 4.78 is 1.78. The molecule has 1 N–H and O–H groups in total. The molecule has 4 nitrogen and oxygen atoms in total. The van der Waals surface area contributed by atoms with E-state index in [1.54, 1.807) is 4.68 Å². The van der Waals surface area contributed by atoms with Crippen LogP contribution in [-0.4, -0.2) is 20.3 Å². The molecule has 0 amide bonds. The topological polar surface area (TPSA) is 42.7 Å². The molecule has 17 heavy (non-hydrogen) atoms. The Morgan fingerprint density at radius 1 is 1.24 bits per heavy atom. The van der Waals surface area contributed by atoms with Gasteiger partial charge in [0.15, 0.2) is 5.82 Å². The molecule has 2 rings (SSSR count). The molecule has 0 radical (unpaired) electrons. The van der Waals surface area contributed by atoms with E-state index in [4.69, 9.17) is 0 Å². The third-order valence-electron chi connectivity index (χ3n) is 2.18. The third kappa shape index (κ3) is 3.06. The van der Waals surface area contributed by atoms with E-state index in [1.165, 1.54) is 0 Å². The summed E-state index contributed by atoms with van der Waals surface area (Å²) in [4.78, 5) is 4.53. The van der Waals surface area contributed by atoms with Crippen molar-refractivity contribution < 1.29 is 0 Å². The first kappa shape index (κ1) is 11.6. The molecule has 0 spiro atoms. The van der Waals surface area contributed by atoms with E-state index in [-0.39, 0.29) is 5.54 Å². The van der Waals surface area contributed by atoms with Crippen molar-refractivity contribution in [2.45, 2.75) is 33.2 Å². The fourth-order valence-corrected chi connectivity index (χ4v) is 1.54. The molecule has 2 aromatic heterocycles. The summed E-state index contributed by atoms with van der Waals surface area (Å²) in [6.45, 7) is 8.35. The Labute approximate surface area is 102 Å². The normalized spacial score (nSPS) is 11.5. The first-order chi connectivity index (χ1) is 7.94. The molecule has 0 fully saturated rings. The first-order valence-electron chi connectivity index (χ1n) is 5.71. The van der Waals surface area contributed by atoms with Crippen molar-refractivity contribution in [1.82, 2.24) is 14.8 Å². The number of nitrogens with zero attached hydrogens (tertiary/aromatic N) is 3. The second-order valence-electron chi connectivity index (χ2n) is 5.22. The maximum absolute atomic E-state index is 4.53. The minimum Gasteiger partial charge on any atom is -0.365 e. The van der Waals surface area contributed by atoms with Crippen LogP contribution in [0.3, 0.4) is 0 Å². The fourth-order valence-electron chi connectivity index (χ4n) is 1.54. The Morgan fingerprint density at radius 2 is 2.00 bits per heavy atom. The summed E-state index contributed by atoms with van der Waals surface area (Å²) in [5.41, 5.74) is 1.13. The van der Waals surface area contributed by atoms with Gasteiger partial charge in [0.2, 0.25) is 0 Å². The lowest BCUT2D eigenvalue weighted by molar-refractivity contribution is 0.629. The molecule has 0 aliphatic carbocycles. The fraction of sp³-hybridized carbons (Fsp3) is 0.385. The van der Waals surface area contributed by atoms with E-state index in [0.717, 1.165) is 17.2 Å². The minimum atomic E-state index is 0.00561. The van der Waals surface area contributed by atoms with Crippen LogP contribution in [0.4, 0.5) is 5.82 Å². The highest BCUT2D eigenvalue weighted by atomic mass is 15.3. The van der Waals surface area contributed by atoms with Crippen LogP contribution in [0.5, 0.6) is 0 Å². The van der Waals surface area contributed by atoms with Gasteiger partial charge in [-0.05, 0) is 45.4 Å². The van der Waals surface area contributed by atoms with Crippen LogP contribution in [0.15, 0.2) is 30.6 Å². The second-order valence-corrected chi connectivity index (χ2v) is 5.22. The van der Waals surface area contributed by atoms with Gasteiger partial charge >= 0.3 is 0 Å². The van der Waals surface area contributed by atoms with Crippen LogP contribution in [0, 0.1) is 6.92 Å². The second kappa shape index (κ2) is 4.20. The molecular formula is C13H18N4. The Bertz CT molecular complexity index is 508. The quantitative estimate of drug-likeness (QED) is 0.862. The lowest BCUT2D eigenvalue weighted by Crippen LogP contribution is -2.26. The first-order valence-corrected chi connectivity index (χ1v) is 5.71. The van der Waals surface area contributed by atoms with Gasteiger partial charge in [0, 0.05) is 11.7 Å². The number of aryl methyl sites for hydroxylation is 1. The molecule has 90 valence electrons. The molecule has 0 unspecified atom stereocenters. The van der Waals surface area contributed by atoms with Gasteiger partial charge in [0.1, 0.15) is 5.82 Å². The standard InChI is InChI=1S/C13H18N4/c1-10-8-14-17(9-10)12-7-5-6-11(15-12)16-13(2,3)4/h5-9H,1-4H3,(H,15,16). The van der Waals surface area contributed by atoms with Gasteiger partial charge in [-0.1, -0.05) is 6.07 Å². The highest BCUT2D eigenvalue weighted by molar-refractivity contribution is 5.41. The molecule has 0 aromatic carbocycles. The van der Waals surface area contributed by atoms with Crippen LogP contribution in [0.2, 0.25) is 0 Å². The van der Waals surface area contributed by atoms with Gasteiger partial charge in [0.05, 0.1) is 6.20 Å². The lowest BCUT2D eigenvalue weighted by Gasteiger charge is -2.21. The van der Waals surface area contributed by atoms with Crippen LogP contribution in [0.25, 0.3) is 5.82 Å². The number of rotatable bonds is 2. The third-order valence-corrected chi connectivity index (χ3v) is 2.18. The zero-order chi connectivity index (χ0) is 12.5. The number of aromatic nitrogens is 3. The molecule has 2 aromatic rings. The van der Waals surface area contributed by atoms with Crippen molar-refractivity contribution in [1.29, 1.82) is 0 Å². The van der Waals surface area contributed by atoms with Crippen LogP contribution in [0.1, 0.15) is 26.3 Å². The maximum atomic E-state index is 4.53. The number of hydrogen-bond donors (Lipinski definition) is 1. The van der Waals surface area contributed by atoms with E-state index in [0.29, 0.717) is 0 Å². The van der Waals surface area contributed by atoms with Gasteiger partial charge in [-0.25, -0.2) is 9.67 Å². The average Bonchev–Trinajstić information content (AvgIpc) is 2.63. The van der Waals surface area contributed by atoms with Gasteiger partial charge in [-0.15, -0.1) is 0 Å². The molecule has 2 heterocycles. The van der Waals surface area contributed by atoms with Crippen LogP contribution < -0.4 is 5.32 Å². The number of nitrogens with one attached hydrogen (secondary N) is 1. The van der Waals surface area contributed by atoms with Gasteiger partial charge in [-0.3, -0.25) is 0 Å². The molecule has 4 heteroatoms. The van der Waals surface area contributed by atoms with E-state index >= 15 is 0 Å². The van der Waals surface area contributed by atoms with E-state index < -0.39 is 0 Å². The van der Waals surface area contributed by atoms with Crippen molar-refractivity contribution >= 4 is 5.82 Å². The van der Waals surface area contributed by atoms with Crippen LogP contribution >= 0.6 is 0 Å². The molecule has 0 saturated heterocycles. The highest BCUT2D eigenvalue weighted by Gasteiger charge is 2.10. The summed E-state index contributed by atoms with van der Waals surface area (Å²) >= 11 is 0. The van der Waals surface area contributed by atoms with Crippen molar-refractivity contribution in [3.63, 3.8) is 0 Å². The summed E-state index contributed by atoms with van der Waals surface area (Å²) in [5.74, 6) is 1.69. The molecule has 0 saturated carbocycles. The van der Waals surface area contributed by atoms with E-state index in [1.807, 2.05) is 37.5 Å². The maximum Gasteiger partial charge on any atom is 0.155 e. The number of hydrogen-bond acceptors (Lipinski definition) is 3. The van der Waals surface area contributed by atoms with Gasteiger partial charge < -0.3 is 5.32 Å². The predicted octanol–water partition coefficient (Wildman–Crippen LogP) is 2.79. The average molecular weight is 230 g/mol. The molecule has 0 aliphatic rings. The minimum absolute atomic E-state index is 0.00561. The zero-order valence-electron chi connectivity index (χ0n) is 10.7. The Morgan fingerprint density at radius 3 is 2.59 bits per heavy atom. The smallest absolute Gasteiger partial charge is 0.155 e. The molecule has 0 aliphatic heterocycles. The number of anilines is 1. The predicted molar refractivity (Wildman–Crippen MR) is 69.5 cm³/mol. The Kier molecular flexibility index (Phi) is 2.88. The van der Waals surface area contributed by atoms with Gasteiger partial charge in [0.25, 0.3) is 0 Å². The summed E-state index contributed by atoms with van der Waals surface area (Å²) in [6.07, 6.45) is 3.79.